The van der Waals surface area contributed by atoms with Gasteiger partial charge in [-0.25, -0.2) is 19.0 Å². The molecule has 3 aromatic rings. The summed E-state index contributed by atoms with van der Waals surface area (Å²) >= 11 is 3.57. The number of ether oxygens (including phenoxy) is 1. The van der Waals surface area contributed by atoms with Crippen molar-refractivity contribution >= 4 is 42.4 Å². The molecule has 0 saturated heterocycles. The van der Waals surface area contributed by atoms with E-state index in [-0.39, 0.29) is 0 Å². The van der Waals surface area contributed by atoms with Crippen LogP contribution in [0.2, 0.25) is 0 Å². The molecule has 1 atom stereocenters. The lowest BCUT2D eigenvalue weighted by Crippen LogP contribution is -2.21. The Kier molecular flexibility index (Phi) is 6.71. The van der Waals surface area contributed by atoms with Crippen molar-refractivity contribution in [3.05, 3.63) is 52.8 Å². The Morgan fingerprint density at radius 3 is 2.76 bits per heavy atom. The molecule has 2 aromatic carbocycles. The third-order valence-corrected chi connectivity index (χ3v) is 6.06. The first kappa shape index (κ1) is 21.5. The van der Waals surface area contributed by atoms with E-state index in [9.17, 15) is 4.21 Å². The lowest BCUT2D eigenvalue weighted by Gasteiger charge is -2.14. The van der Waals surface area contributed by atoms with Gasteiger partial charge in [0.05, 0.1) is 19.7 Å². The highest BCUT2D eigenvalue weighted by molar-refractivity contribution is 9.10. The van der Waals surface area contributed by atoms with Gasteiger partial charge in [0.25, 0.3) is 0 Å². The van der Waals surface area contributed by atoms with E-state index in [1.807, 2.05) is 32.3 Å². The Hall–Kier alpha value is -2.23. The number of nitrogens with zero attached hydrogens (tertiary/aromatic N) is 3. The molecule has 0 fully saturated rings. The maximum Gasteiger partial charge on any atom is 0.137 e. The molecule has 2 N–H and O–H groups in total. The van der Waals surface area contributed by atoms with Crippen LogP contribution in [0.25, 0.3) is 10.9 Å². The van der Waals surface area contributed by atoms with Gasteiger partial charge in [0.15, 0.2) is 0 Å². The number of rotatable bonds is 8. The SMILES string of the molecule is CN(C)CCNc1ncnc2cc(OCc3cccc(S(C)(=N)=O)c3)c(Br)cc12. The lowest BCUT2D eigenvalue weighted by molar-refractivity contribution is 0.304. The van der Waals surface area contributed by atoms with Crippen molar-refractivity contribution in [2.75, 3.05) is 38.8 Å². The van der Waals surface area contributed by atoms with Crippen LogP contribution in [0, 0.1) is 4.78 Å². The van der Waals surface area contributed by atoms with Crippen LogP contribution in [0.3, 0.4) is 0 Å². The molecule has 9 heteroatoms. The first-order valence-corrected chi connectivity index (χ1v) is 11.8. The van der Waals surface area contributed by atoms with E-state index < -0.39 is 9.73 Å². The number of halogens is 1. The van der Waals surface area contributed by atoms with E-state index in [0.29, 0.717) is 17.3 Å². The number of nitrogens with one attached hydrogen (secondary N) is 2. The van der Waals surface area contributed by atoms with Crippen LogP contribution in [-0.4, -0.2) is 52.5 Å². The van der Waals surface area contributed by atoms with E-state index in [4.69, 9.17) is 9.52 Å². The summed E-state index contributed by atoms with van der Waals surface area (Å²) < 4.78 is 26.5. The van der Waals surface area contributed by atoms with Gasteiger partial charge >= 0.3 is 0 Å². The van der Waals surface area contributed by atoms with Crippen molar-refractivity contribution in [1.29, 1.82) is 4.78 Å². The smallest absolute Gasteiger partial charge is 0.137 e. The average Bonchev–Trinajstić information content (AvgIpc) is 2.66. The van der Waals surface area contributed by atoms with Gasteiger partial charge in [-0.05, 0) is 53.8 Å². The van der Waals surface area contributed by atoms with Crippen molar-refractivity contribution in [2.24, 2.45) is 0 Å². The fraction of sp³-hybridized carbons (Fsp3) is 0.300. The molecule has 29 heavy (non-hydrogen) atoms. The van der Waals surface area contributed by atoms with E-state index in [1.165, 1.54) is 12.6 Å². The van der Waals surface area contributed by atoms with Gasteiger partial charge in [0, 0.05) is 35.7 Å². The van der Waals surface area contributed by atoms with Crippen molar-refractivity contribution in [3.63, 3.8) is 0 Å². The van der Waals surface area contributed by atoms with Gasteiger partial charge in [-0.2, -0.15) is 0 Å². The molecule has 0 aliphatic carbocycles. The van der Waals surface area contributed by atoms with Gasteiger partial charge in [-0.15, -0.1) is 0 Å². The van der Waals surface area contributed by atoms with E-state index in [2.05, 4.69) is 36.1 Å². The molecule has 0 spiro atoms. The number of likely N-dealkylation sites (N-methyl/N-ethyl adjacent to an activating group) is 1. The maximum atomic E-state index is 12.0. The Morgan fingerprint density at radius 2 is 2.03 bits per heavy atom. The predicted octanol–water partition coefficient (Wildman–Crippen LogP) is 3.98. The third-order valence-electron chi connectivity index (χ3n) is 4.28. The first-order valence-electron chi connectivity index (χ1n) is 9.02. The number of fused-ring (bicyclic) bond motifs is 1. The van der Waals surface area contributed by atoms with Gasteiger partial charge in [0.2, 0.25) is 0 Å². The molecule has 0 aliphatic heterocycles. The number of benzene rings is 2. The third kappa shape index (κ3) is 5.65. The van der Waals surface area contributed by atoms with Crippen molar-refractivity contribution in [1.82, 2.24) is 14.9 Å². The van der Waals surface area contributed by atoms with Crippen LogP contribution in [-0.2, 0) is 16.3 Å². The molecule has 1 unspecified atom stereocenters. The molecule has 1 aromatic heterocycles. The minimum Gasteiger partial charge on any atom is -0.488 e. The van der Waals surface area contributed by atoms with Crippen molar-refractivity contribution < 1.29 is 8.95 Å². The Labute approximate surface area is 179 Å². The largest absolute Gasteiger partial charge is 0.488 e. The monoisotopic (exact) mass is 477 g/mol. The molecule has 0 radical (unpaired) electrons. The summed E-state index contributed by atoms with van der Waals surface area (Å²) in [5.41, 5.74) is 1.63. The zero-order chi connectivity index (χ0) is 21.0. The summed E-state index contributed by atoms with van der Waals surface area (Å²) in [6.45, 7) is 1.98. The van der Waals surface area contributed by atoms with E-state index in [0.717, 1.165) is 39.8 Å². The average molecular weight is 478 g/mol. The molecule has 0 aliphatic rings. The molecule has 154 valence electrons. The van der Waals surface area contributed by atoms with Crippen molar-refractivity contribution in [3.8, 4) is 5.75 Å². The minimum atomic E-state index is -2.75. The molecular formula is C20H24BrN5O2S. The van der Waals surface area contributed by atoms with Crippen LogP contribution in [0.15, 0.2) is 52.1 Å². The highest BCUT2D eigenvalue weighted by atomic mass is 79.9. The number of hydrogen-bond donors (Lipinski definition) is 2. The molecule has 7 nitrogen and oxygen atoms in total. The topological polar surface area (TPSA) is 91.2 Å². The van der Waals surface area contributed by atoms with Gasteiger partial charge < -0.3 is 15.0 Å². The second-order valence-electron chi connectivity index (χ2n) is 7.03. The van der Waals surface area contributed by atoms with Crippen LogP contribution in [0.1, 0.15) is 5.56 Å². The summed E-state index contributed by atoms with van der Waals surface area (Å²) in [4.78, 5) is 11.3. The zero-order valence-electron chi connectivity index (χ0n) is 16.6. The second-order valence-corrected chi connectivity index (χ2v) is 10.0. The van der Waals surface area contributed by atoms with Crippen LogP contribution < -0.4 is 10.1 Å². The number of hydrogen-bond acceptors (Lipinski definition) is 7. The van der Waals surface area contributed by atoms with Gasteiger partial charge in [-0.3, -0.25) is 0 Å². The molecule has 1 heterocycles. The van der Waals surface area contributed by atoms with E-state index >= 15 is 0 Å². The molecule has 0 saturated carbocycles. The zero-order valence-corrected chi connectivity index (χ0v) is 19.0. The number of aromatic nitrogens is 2. The molecule has 0 amide bonds. The summed E-state index contributed by atoms with van der Waals surface area (Å²) in [6.07, 6.45) is 2.95. The maximum absolute atomic E-state index is 12.0. The Balaban J connectivity index is 1.80. The number of anilines is 1. The normalized spacial score (nSPS) is 13.4. The molecular weight excluding hydrogens is 454 g/mol. The Bertz CT molecular complexity index is 1120. The standard InChI is InChI=1S/C20H24BrN5O2S/c1-26(2)8-7-23-20-16-10-17(21)19(11-18(16)24-13-25-20)28-12-14-5-4-6-15(9-14)29(3,22)27/h4-6,9-11,13,22H,7-8,12H2,1-3H3,(H,23,24,25). The first-order chi connectivity index (χ1) is 13.7. The fourth-order valence-electron chi connectivity index (χ4n) is 2.75. The van der Waals surface area contributed by atoms with E-state index in [1.54, 1.807) is 18.2 Å². The highest BCUT2D eigenvalue weighted by Crippen LogP contribution is 2.32. The Morgan fingerprint density at radius 1 is 1.24 bits per heavy atom. The minimum absolute atomic E-state index is 0.298. The molecule has 3 rings (SSSR count). The van der Waals surface area contributed by atoms with Crippen LogP contribution in [0.5, 0.6) is 5.75 Å². The summed E-state index contributed by atoms with van der Waals surface area (Å²) in [5.74, 6) is 1.44. The predicted molar refractivity (Wildman–Crippen MR) is 120 cm³/mol. The van der Waals surface area contributed by atoms with Gasteiger partial charge in [0.1, 0.15) is 24.5 Å². The fourth-order valence-corrected chi connectivity index (χ4v) is 3.92. The van der Waals surface area contributed by atoms with Crippen LogP contribution in [0.4, 0.5) is 5.82 Å². The summed E-state index contributed by atoms with van der Waals surface area (Å²) in [7, 11) is 1.30. The summed E-state index contributed by atoms with van der Waals surface area (Å²) in [6, 6.07) is 10.9. The second kappa shape index (κ2) is 9.06. The lowest BCUT2D eigenvalue weighted by atomic mass is 10.2. The molecule has 0 bridgehead atoms. The van der Waals surface area contributed by atoms with Crippen molar-refractivity contribution in [2.45, 2.75) is 11.5 Å². The van der Waals surface area contributed by atoms with Gasteiger partial charge in [-0.1, -0.05) is 12.1 Å². The highest BCUT2D eigenvalue weighted by Gasteiger charge is 2.11. The quantitative estimate of drug-likeness (QED) is 0.509. The van der Waals surface area contributed by atoms with Crippen LogP contribution >= 0.6 is 15.9 Å². The summed E-state index contributed by atoms with van der Waals surface area (Å²) in [5, 5.41) is 4.25.